The summed E-state index contributed by atoms with van der Waals surface area (Å²) in [5.41, 5.74) is 0.703. The summed E-state index contributed by atoms with van der Waals surface area (Å²) in [6.07, 6.45) is 12.0. The van der Waals surface area contributed by atoms with Crippen LogP contribution in [0.1, 0.15) is 39.0 Å². The molecule has 0 amide bonds. The van der Waals surface area contributed by atoms with Gasteiger partial charge in [0.1, 0.15) is 0 Å². The summed E-state index contributed by atoms with van der Waals surface area (Å²) in [5, 5.41) is 0. The molecule has 0 aromatic carbocycles. The predicted molar refractivity (Wildman–Crippen MR) is 43.8 cm³/mol. The van der Waals surface area contributed by atoms with Crippen molar-refractivity contribution in [1.82, 2.24) is 0 Å². The van der Waals surface area contributed by atoms with Crippen LogP contribution in [0.4, 0.5) is 0 Å². The van der Waals surface area contributed by atoms with Gasteiger partial charge < -0.3 is 0 Å². The van der Waals surface area contributed by atoms with Crippen molar-refractivity contribution in [2.75, 3.05) is 0 Å². The number of hydrogen-bond donors (Lipinski definition) is 0. The molecule has 2 unspecified atom stereocenters. The minimum absolute atomic E-state index is 0.703. The Bertz CT molecular complexity index is 157. The van der Waals surface area contributed by atoms with Crippen LogP contribution in [0, 0.1) is 11.3 Å². The number of hydrogen-bond acceptors (Lipinski definition) is 0. The van der Waals surface area contributed by atoms with E-state index in [1.165, 1.54) is 32.1 Å². The lowest BCUT2D eigenvalue weighted by atomic mass is 9.73. The second-order valence-corrected chi connectivity index (χ2v) is 4.12. The van der Waals surface area contributed by atoms with E-state index in [2.05, 4.69) is 19.1 Å². The second-order valence-electron chi connectivity index (χ2n) is 4.12. The highest BCUT2D eigenvalue weighted by atomic mass is 14.4. The highest BCUT2D eigenvalue weighted by molar-refractivity contribution is 5.05. The Hall–Kier alpha value is -0.260. The maximum Gasteiger partial charge on any atom is -0.0179 e. The number of fused-ring (bicyclic) bond motifs is 1. The van der Waals surface area contributed by atoms with Gasteiger partial charge in [0.2, 0.25) is 0 Å². The zero-order valence-electron chi connectivity index (χ0n) is 6.77. The van der Waals surface area contributed by atoms with Crippen LogP contribution in [0.25, 0.3) is 0 Å². The van der Waals surface area contributed by atoms with Crippen LogP contribution in [0.3, 0.4) is 0 Å². The first kappa shape index (κ1) is 6.45. The molecule has 2 rings (SSSR count). The van der Waals surface area contributed by atoms with Crippen molar-refractivity contribution in [2.45, 2.75) is 39.0 Å². The number of rotatable bonds is 0. The van der Waals surface area contributed by atoms with Gasteiger partial charge in [-0.25, -0.2) is 0 Å². The van der Waals surface area contributed by atoms with Crippen molar-refractivity contribution < 1.29 is 0 Å². The first-order valence-corrected chi connectivity index (χ1v) is 4.48. The van der Waals surface area contributed by atoms with Gasteiger partial charge in [0.25, 0.3) is 0 Å². The van der Waals surface area contributed by atoms with Crippen molar-refractivity contribution in [1.29, 1.82) is 0 Å². The van der Waals surface area contributed by atoms with Crippen LogP contribution >= 0.6 is 0 Å². The van der Waals surface area contributed by atoms with Crippen molar-refractivity contribution in [3.63, 3.8) is 0 Å². The lowest BCUT2D eigenvalue weighted by molar-refractivity contribution is 0.239. The van der Waals surface area contributed by atoms with E-state index in [0.717, 1.165) is 5.92 Å². The smallest absolute Gasteiger partial charge is 0.0179 e. The van der Waals surface area contributed by atoms with E-state index in [1.807, 2.05) is 0 Å². The molecule has 2 aliphatic rings. The fourth-order valence-electron chi connectivity index (χ4n) is 2.57. The fraction of sp³-hybridized carbons (Fsp3) is 0.800. The first-order valence-electron chi connectivity index (χ1n) is 4.48. The van der Waals surface area contributed by atoms with Crippen molar-refractivity contribution >= 4 is 0 Å². The Morgan fingerprint density at radius 1 is 1.40 bits per heavy atom. The molecule has 1 saturated carbocycles. The van der Waals surface area contributed by atoms with Gasteiger partial charge in [-0.1, -0.05) is 25.5 Å². The maximum atomic E-state index is 2.47. The monoisotopic (exact) mass is 136 g/mol. The lowest BCUT2D eigenvalue weighted by Crippen LogP contribution is -2.22. The van der Waals surface area contributed by atoms with E-state index in [1.54, 1.807) is 0 Å². The molecule has 0 aliphatic heterocycles. The van der Waals surface area contributed by atoms with Crippen molar-refractivity contribution in [3.05, 3.63) is 12.2 Å². The molecule has 0 heteroatoms. The minimum Gasteiger partial charge on any atom is -0.0882 e. The summed E-state index contributed by atoms with van der Waals surface area (Å²) in [6.45, 7) is 2.47. The summed E-state index contributed by atoms with van der Waals surface area (Å²) in [7, 11) is 0. The third-order valence-corrected chi connectivity index (χ3v) is 3.41. The van der Waals surface area contributed by atoms with E-state index >= 15 is 0 Å². The van der Waals surface area contributed by atoms with Gasteiger partial charge in [-0.3, -0.25) is 0 Å². The van der Waals surface area contributed by atoms with Gasteiger partial charge >= 0.3 is 0 Å². The van der Waals surface area contributed by atoms with Crippen LogP contribution in [0.5, 0.6) is 0 Å². The third kappa shape index (κ3) is 0.817. The predicted octanol–water partition coefficient (Wildman–Crippen LogP) is 3.14. The van der Waals surface area contributed by atoms with Crippen molar-refractivity contribution in [3.8, 4) is 0 Å². The SMILES string of the molecule is CC12CCC=CC1CCC2. The summed E-state index contributed by atoms with van der Waals surface area (Å²) in [5.74, 6) is 0.932. The minimum atomic E-state index is 0.703. The highest BCUT2D eigenvalue weighted by Crippen LogP contribution is 2.49. The van der Waals surface area contributed by atoms with Gasteiger partial charge in [0.15, 0.2) is 0 Å². The maximum absolute atomic E-state index is 2.47. The Balaban J connectivity index is 2.22. The molecule has 0 spiro atoms. The van der Waals surface area contributed by atoms with Gasteiger partial charge in [-0.2, -0.15) is 0 Å². The van der Waals surface area contributed by atoms with Crippen LogP contribution in [-0.4, -0.2) is 0 Å². The Morgan fingerprint density at radius 3 is 3.10 bits per heavy atom. The van der Waals surface area contributed by atoms with E-state index in [4.69, 9.17) is 0 Å². The molecule has 0 heterocycles. The van der Waals surface area contributed by atoms with Gasteiger partial charge in [0, 0.05) is 0 Å². The molecule has 0 bridgehead atoms. The van der Waals surface area contributed by atoms with Crippen LogP contribution in [0.15, 0.2) is 12.2 Å². The molecule has 0 saturated heterocycles. The summed E-state index contributed by atoms with van der Waals surface area (Å²) in [6, 6.07) is 0. The van der Waals surface area contributed by atoms with Crippen LogP contribution in [-0.2, 0) is 0 Å². The molecule has 2 atom stereocenters. The molecule has 0 aromatic rings. The molecule has 0 radical (unpaired) electrons. The summed E-state index contributed by atoms with van der Waals surface area (Å²) < 4.78 is 0. The second kappa shape index (κ2) is 2.11. The van der Waals surface area contributed by atoms with Crippen molar-refractivity contribution in [2.24, 2.45) is 11.3 Å². The lowest BCUT2D eigenvalue weighted by Gasteiger charge is -2.32. The molecule has 0 nitrogen and oxygen atoms in total. The zero-order valence-corrected chi connectivity index (χ0v) is 6.77. The Labute approximate surface area is 63.3 Å². The van der Waals surface area contributed by atoms with Crippen LogP contribution < -0.4 is 0 Å². The summed E-state index contributed by atoms with van der Waals surface area (Å²) >= 11 is 0. The molecule has 10 heavy (non-hydrogen) atoms. The average Bonchev–Trinajstić information content (AvgIpc) is 2.29. The van der Waals surface area contributed by atoms with E-state index in [-0.39, 0.29) is 0 Å². The molecular weight excluding hydrogens is 120 g/mol. The third-order valence-electron chi connectivity index (χ3n) is 3.41. The first-order chi connectivity index (χ1) is 4.81. The zero-order chi connectivity index (χ0) is 7.03. The van der Waals surface area contributed by atoms with E-state index in [9.17, 15) is 0 Å². The molecule has 0 N–H and O–H groups in total. The van der Waals surface area contributed by atoms with E-state index in [0.29, 0.717) is 5.41 Å². The normalized spacial score (nSPS) is 45.5. The Morgan fingerprint density at radius 2 is 2.30 bits per heavy atom. The standard InChI is InChI=1S/C10H16/c1-10-7-3-2-5-9(10)6-4-8-10/h2,5,9H,3-4,6-8H2,1H3. The molecule has 0 aromatic heterocycles. The van der Waals surface area contributed by atoms with Gasteiger partial charge in [-0.05, 0) is 37.0 Å². The molecule has 2 aliphatic carbocycles. The van der Waals surface area contributed by atoms with Gasteiger partial charge in [0.05, 0.1) is 0 Å². The summed E-state index contributed by atoms with van der Waals surface area (Å²) in [4.78, 5) is 0. The molecular formula is C10H16. The largest absolute Gasteiger partial charge is 0.0882 e. The highest BCUT2D eigenvalue weighted by Gasteiger charge is 2.37. The topological polar surface area (TPSA) is 0 Å². The number of allylic oxidation sites excluding steroid dienone is 2. The quantitative estimate of drug-likeness (QED) is 0.449. The molecule has 56 valence electrons. The average molecular weight is 136 g/mol. The Kier molecular flexibility index (Phi) is 1.36. The molecule has 1 fully saturated rings. The fourth-order valence-corrected chi connectivity index (χ4v) is 2.57. The van der Waals surface area contributed by atoms with Crippen LogP contribution in [0.2, 0.25) is 0 Å². The van der Waals surface area contributed by atoms with Gasteiger partial charge in [-0.15, -0.1) is 0 Å². The van der Waals surface area contributed by atoms with E-state index < -0.39 is 0 Å².